The van der Waals surface area contributed by atoms with E-state index in [1.54, 1.807) is 51.3 Å². The second-order valence-electron chi connectivity index (χ2n) is 9.59. The summed E-state index contributed by atoms with van der Waals surface area (Å²) in [6.07, 6.45) is 1.50. The minimum absolute atomic E-state index is 0.227. The van der Waals surface area contributed by atoms with Crippen LogP contribution in [0.3, 0.4) is 0 Å². The molecule has 224 valence electrons. The number of ether oxygens (including phenoxy) is 4. The van der Waals surface area contributed by atoms with Crippen molar-refractivity contribution < 1.29 is 28.5 Å². The Balaban J connectivity index is 1.36. The highest BCUT2D eigenvalue weighted by molar-refractivity contribution is 7.80. The van der Waals surface area contributed by atoms with Crippen LogP contribution in [0.1, 0.15) is 42.1 Å². The van der Waals surface area contributed by atoms with Crippen molar-refractivity contribution in [3.63, 3.8) is 0 Å². The van der Waals surface area contributed by atoms with Crippen molar-refractivity contribution in [1.82, 2.24) is 16.1 Å². The van der Waals surface area contributed by atoms with Gasteiger partial charge in [-0.2, -0.15) is 5.10 Å². The zero-order valence-corrected chi connectivity index (χ0v) is 25.2. The van der Waals surface area contributed by atoms with Crippen LogP contribution in [0, 0.1) is 6.92 Å². The lowest BCUT2D eigenvalue weighted by Crippen LogP contribution is -2.45. The number of benzene rings is 3. The molecule has 0 saturated heterocycles. The molecular formula is C32H34N4O6S. The SMILES string of the molecule is CCOC(=O)C1=C(C)NC(=S)N[C@@H]1c1ccccc1OCC(=O)NN=Cc1ccc(OCc2ccc(C)cc2)c(OC)c1. The van der Waals surface area contributed by atoms with Gasteiger partial charge in [-0.15, -0.1) is 0 Å². The average Bonchev–Trinajstić information content (AvgIpc) is 3.00. The van der Waals surface area contributed by atoms with E-state index in [1.807, 2.05) is 43.3 Å². The third-order valence-electron chi connectivity index (χ3n) is 6.46. The molecule has 0 saturated carbocycles. The van der Waals surface area contributed by atoms with E-state index in [2.05, 4.69) is 21.2 Å². The number of hydrogen-bond acceptors (Lipinski definition) is 8. The second-order valence-corrected chi connectivity index (χ2v) is 10.0. The summed E-state index contributed by atoms with van der Waals surface area (Å²) in [6.45, 7) is 5.85. The van der Waals surface area contributed by atoms with Gasteiger partial charge < -0.3 is 29.6 Å². The zero-order valence-electron chi connectivity index (χ0n) is 24.4. The number of hydrazone groups is 1. The Morgan fingerprint density at radius 2 is 1.77 bits per heavy atom. The fourth-order valence-corrected chi connectivity index (χ4v) is 4.61. The Morgan fingerprint density at radius 1 is 1.00 bits per heavy atom. The molecule has 0 spiro atoms. The lowest BCUT2D eigenvalue weighted by atomic mass is 9.95. The summed E-state index contributed by atoms with van der Waals surface area (Å²) in [5.41, 5.74) is 6.98. The Morgan fingerprint density at radius 3 is 2.51 bits per heavy atom. The lowest BCUT2D eigenvalue weighted by molar-refractivity contribution is -0.139. The molecule has 1 amide bonds. The molecule has 3 N–H and O–H groups in total. The molecule has 1 aliphatic heterocycles. The number of aryl methyl sites for hydroxylation is 1. The summed E-state index contributed by atoms with van der Waals surface area (Å²) >= 11 is 5.32. The second kappa shape index (κ2) is 14.8. The van der Waals surface area contributed by atoms with E-state index < -0.39 is 17.9 Å². The van der Waals surface area contributed by atoms with Crippen molar-refractivity contribution in [2.75, 3.05) is 20.3 Å². The third kappa shape index (κ3) is 8.32. The van der Waals surface area contributed by atoms with Crippen molar-refractivity contribution >= 4 is 35.4 Å². The number of carbonyl (C=O) groups is 2. The van der Waals surface area contributed by atoms with Crippen LogP contribution in [0.25, 0.3) is 0 Å². The first kappa shape index (κ1) is 31.0. The van der Waals surface area contributed by atoms with Crippen molar-refractivity contribution in [2.24, 2.45) is 5.10 Å². The van der Waals surface area contributed by atoms with Crippen LogP contribution in [0.4, 0.5) is 0 Å². The largest absolute Gasteiger partial charge is 0.493 e. The summed E-state index contributed by atoms with van der Waals surface area (Å²) in [5.74, 6) is 0.597. The predicted octanol–water partition coefficient (Wildman–Crippen LogP) is 4.47. The fourth-order valence-electron chi connectivity index (χ4n) is 4.34. The van der Waals surface area contributed by atoms with Crippen molar-refractivity contribution in [1.29, 1.82) is 0 Å². The maximum atomic E-state index is 12.7. The van der Waals surface area contributed by atoms with E-state index in [-0.39, 0.29) is 13.2 Å². The number of thiocarbonyl (C=S) groups is 1. The van der Waals surface area contributed by atoms with E-state index in [0.29, 0.717) is 51.4 Å². The molecule has 0 radical (unpaired) electrons. The number of para-hydroxylation sites is 1. The number of allylic oxidation sites excluding steroid dienone is 1. The molecule has 1 heterocycles. The lowest BCUT2D eigenvalue weighted by Gasteiger charge is -2.30. The molecule has 0 fully saturated rings. The summed E-state index contributed by atoms with van der Waals surface area (Å²) < 4.78 is 22.5. The highest BCUT2D eigenvalue weighted by atomic mass is 32.1. The molecule has 4 rings (SSSR count). The van der Waals surface area contributed by atoms with Gasteiger partial charge >= 0.3 is 5.97 Å². The van der Waals surface area contributed by atoms with Crippen molar-refractivity contribution in [3.8, 4) is 17.2 Å². The molecule has 0 aliphatic carbocycles. The predicted molar refractivity (Wildman–Crippen MR) is 167 cm³/mol. The van der Waals surface area contributed by atoms with Crippen LogP contribution in [-0.4, -0.2) is 43.5 Å². The normalized spacial score (nSPS) is 14.5. The molecule has 3 aromatic carbocycles. The molecule has 10 nitrogen and oxygen atoms in total. The van der Waals surface area contributed by atoms with E-state index in [9.17, 15) is 9.59 Å². The topological polar surface area (TPSA) is 120 Å². The summed E-state index contributed by atoms with van der Waals surface area (Å²) in [6, 6.07) is 19.9. The van der Waals surface area contributed by atoms with Crippen LogP contribution in [0.15, 0.2) is 83.1 Å². The number of hydrogen-bond donors (Lipinski definition) is 3. The average molecular weight is 603 g/mol. The van der Waals surface area contributed by atoms with Crippen LogP contribution in [0.2, 0.25) is 0 Å². The van der Waals surface area contributed by atoms with Crippen molar-refractivity contribution in [3.05, 3.63) is 100 Å². The standard InChI is InChI=1S/C32H34N4O6S/c1-5-40-31(38)29-21(3)34-32(43)35-30(29)24-8-6-7-9-25(24)42-19-28(37)36-33-17-23-14-15-26(27(16-23)39-4)41-18-22-12-10-20(2)11-13-22/h6-17,30H,5,18-19H2,1-4H3,(H,36,37)(H2,34,35,43)/t30-/m1/s1. The third-order valence-corrected chi connectivity index (χ3v) is 6.68. The number of rotatable bonds is 12. The molecule has 1 atom stereocenters. The van der Waals surface area contributed by atoms with Gasteiger partial charge in [-0.1, -0.05) is 48.0 Å². The van der Waals surface area contributed by atoms with Gasteiger partial charge in [0.1, 0.15) is 12.4 Å². The van der Waals surface area contributed by atoms with Gasteiger partial charge in [0.25, 0.3) is 5.91 Å². The highest BCUT2D eigenvalue weighted by Crippen LogP contribution is 2.33. The Kier molecular flexibility index (Phi) is 10.7. The van der Waals surface area contributed by atoms with Gasteiger partial charge in [-0.3, -0.25) is 4.79 Å². The molecule has 43 heavy (non-hydrogen) atoms. The molecule has 0 aromatic heterocycles. The summed E-state index contributed by atoms with van der Waals surface area (Å²) in [7, 11) is 1.56. The first-order chi connectivity index (χ1) is 20.8. The number of esters is 1. The monoisotopic (exact) mass is 602 g/mol. The molecule has 1 aliphatic rings. The first-order valence-corrected chi connectivity index (χ1v) is 14.0. The van der Waals surface area contributed by atoms with Gasteiger partial charge in [-0.05, 0) is 68.4 Å². The van der Waals surface area contributed by atoms with Gasteiger partial charge in [0.2, 0.25) is 0 Å². The minimum Gasteiger partial charge on any atom is -0.493 e. The summed E-state index contributed by atoms with van der Waals surface area (Å²) in [5, 5.41) is 10.5. The smallest absolute Gasteiger partial charge is 0.338 e. The van der Waals surface area contributed by atoms with Gasteiger partial charge in [0, 0.05) is 11.3 Å². The van der Waals surface area contributed by atoms with E-state index >= 15 is 0 Å². The molecule has 3 aromatic rings. The van der Waals surface area contributed by atoms with Crippen LogP contribution < -0.4 is 30.3 Å². The maximum Gasteiger partial charge on any atom is 0.338 e. The number of methoxy groups -OCH3 is 1. The number of nitrogens with one attached hydrogen (secondary N) is 3. The van der Waals surface area contributed by atoms with Crippen LogP contribution in [0.5, 0.6) is 17.2 Å². The van der Waals surface area contributed by atoms with E-state index in [4.69, 9.17) is 31.2 Å². The van der Waals surface area contributed by atoms with E-state index in [0.717, 1.165) is 5.56 Å². The Bertz CT molecular complexity index is 1540. The number of carbonyl (C=O) groups excluding carboxylic acids is 2. The maximum absolute atomic E-state index is 12.7. The van der Waals surface area contributed by atoms with Gasteiger partial charge in [0.15, 0.2) is 23.2 Å². The first-order valence-electron chi connectivity index (χ1n) is 13.6. The Hall–Kier alpha value is -4.90. The molecule has 11 heteroatoms. The molecule has 0 bridgehead atoms. The van der Waals surface area contributed by atoms with E-state index in [1.165, 1.54) is 11.8 Å². The Labute approximate surface area is 256 Å². The van der Waals surface area contributed by atoms with Gasteiger partial charge in [0.05, 0.1) is 31.5 Å². The zero-order chi connectivity index (χ0) is 30.8. The fraction of sp³-hybridized carbons (Fsp3) is 0.250. The minimum atomic E-state index is -0.621. The highest BCUT2D eigenvalue weighted by Gasteiger charge is 2.32. The van der Waals surface area contributed by atoms with Crippen molar-refractivity contribution in [2.45, 2.75) is 33.4 Å². The summed E-state index contributed by atoms with van der Waals surface area (Å²) in [4.78, 5) is 25.3. The van der Waals surface area contributed by atoms with Crippen LogP contribution in [-0.2, 0) is 20.9 Å². The quantitative estimate of drug-likeness (QED) is 0.119. The van der Waals surface area contributed by atoms with Crippen LogP contribution >= 0.6 is 12.2 Å². The molecular weight excluding hydrogens is 568 g/mol. The number of amides is 1. The molecule has 0 unspecified atom stereocenters. The number of nitrogens with zero attached hydrogens (tertiary/aromatic N) is 1. The van der Waals surface area contributed by atoms with Gasteiger partial charge in [-0.25, -0.2) is 10.2 Å².